The maximum Gasteiger partial charge on any atom is 0.0724 e. The Bertz CT molecular complexity index is 375. The summed E-state index contributed by atoms with van der Waals surface area (Å²) >= 11 is 0. The van der Waals surface area contributed by atoms with Gasteiger partial charge in [0, 0.05) is 19.7 Å². The number of rotatable bonds is 4. The molecule has 1 aliphatic carbocycles. The fourth-order valence-corrected chi connectivity index (χ4v) is 2.69. The van der Waals surface area contributed by atoms with Gasteiger partial charge in [-0.1, -0.05) is 18.2 Å². The highest BCUT2D eigenvalue weighted by molar-refractivity contribution is 5.33. The maximum atomic E-state index is 5.50. The van der Waals surface area contributed by atoms with Crippen molar-refractivity contribution < 1.29 is 4.74 Å². The number of benzene rings is 1. The smallest absolute Gasteiger partial charge is 0.0724 e. The second-order valence-corrected chi connectivity index (χ2v) is 5.05. The SMILES string of the molecule is COC1CCCC1NCc1cccc(C)c1C. The van der Waals surface area contributed by atoms with Gasteiger partial charge in [-0.3, -0.25) is 0 Å². The van der Waals surface area contributed by atoms with E-state index in [0.29, 0.717) is 12.1 Å². The standard InChI is InChI=1S/C15H23NO/c1-11-6-4-7-13(12(11)2)10-16-14-8-5-9-15(14)17-3/h4,6-7,14-16H,5,8-10H2,1-3H3. The number of ether oxygens (including phenoxy) is 1. The van der Waals surface area contributed by atoms with E-state index in [1.165, 1.54) is 36.0 Å². The lowest BCUT2D eigenvalue weighted by molar-refractivity contribution is 0.0847. The highest BCUT2D eigenvalue weighted by Gasteiger charge is 2.26. The van der Waals surface area contributed by atoms with E-state index in [0.717, 1.165) is 6.54 Å². The third-order valence-corrected chi connectivity index (χ3v) is 4.03. The first-order valence-electron chi connectivity index (χ1n) is 6.53. The first-order valence-corrected chi connectivity index (χ1v) is 6.53. The summed E-state index contributed by atoms with van der Waals surface area (Å²) in [6.45, 7) is 5.33. The summed E-state index contributed by atoms with van der Waals surface area (Å²) in [5.41, 5.74) is 4.19. The highest BCUT2D eigenvalue weighted by Crippen LogP contribution is 2.22. The molecule has 2 atom stereocenters. The zero-order chi connectivity index (χ0) is 12.3. The van der Waals surface area contributed by atoms with Crippen LogP contribution in [0.5, 0.6) is 0 Å². The van der Waals surface area contributed by atoms with Crippen LogP contribution in [-0.4, -0.2) is 19.3 Å². The molecule has 0 saturated heterocycles. The van der Waals surface area contributed by atoms with E-state index >= 15 is 0 Å². The fraction of sp³-hybridized carbons (Fsp3) is 0.600. The molecule has 0 amide bonds. The Labute approximate surface area is 104 Å². The second-order valence-electron chi connectivity index (χ2n) is 5.05. The van der Waals surface area contributed by atoms with Crippen LogP contribution < -0.4 is 5.32 Å². The van der Waals surface area contributed by atoms with Crippen LogP contribution in [0.25, 0.3) is 0 Å². The minimum absolute atomic E-state index is 0.403. The molecule has 1 aromatic rings. The minimum atomic E-state index is 0.403. The predicted octanol–water partition coefficient (Wildman–Crippen LogP) is 2.96. The molecule has 1 fully saturated rings. The van der Waals surface area contributed by atoms with Crippen molar-refractivity contribution in [2.75, 3.05) is 7.11 Å². The van der Waals surface area contributed by atoms with Gasteiger partial charge in [0.25, 0.3) is 0 Å². The molecular formula is C15H23NO. The first kappa shape index (κ1) is 12.6. The molecule has 1 aromatic carbocycles. The lowest BCUT2D eigenvalue weighted by Gasteiger charge is -2.20. The number of hydrogen-bond acceptors (Lipinski definition) is 2. The third kappa shape index (κ3) is 2.88. The van der Waals surface area contributed by atoms with E-state index < -0.39 is 0 Å². The molecule has 2 rings (SSSR count). The topological polar surface area (TPSA) is 21.3 Å². The number of methoxy groups -OCH3 is 1. The van der Waals surface area contributed by atoms with Crippen LogP contribution >= 0.6 is 0 Å². The largest absolute Gasteiger partial charge is 0.380 e. The molecule has 94 valence electrons. The van der Waals surface area contributed by atoms with Crippen molar-refractivity contribution in [2.24, 2.45) is 0 Å². The Kier molecular flexibility index (Phi) is 4.19. The Morgan fingerprint density at radius 1 is 1.29 bits per heavy atom. The van der Waals surface area contributed by atoms with Crippen LogP contribution in [-0.2, 0) is 11.3 Å². The van der Waals surface area contributed by atoms with Gasteiger partial charge >= 0.3 is 0 Å². The van der Waals surface area contributed by atoms with Gasteiger partial charge in [0.2, 0.25) is 0 Å². The zero-order valence-electron chi connectivity index (χ0n) is 11.1. The van der Waals surface area contributed by atoms with E-state index in [4.69, 9.17) is 4.74 Å². The highest BCUT2D eigenvalue weighted by atomic mass is 16.5. The quantitative estimate of drug-likeness (QED) is 0.863. The van der Waals surface area contributed by atoms with Crippen molar-refractivity contribution in [1.82, 2.24) is 5.32 Å². The number of hydrogen-bond donors (Lipinski definition) is 1. The van der Waals surface area contributed by atoms with Crippen LogP contribution in [0.4, 0.5) is 0 Å². The van der Waals surface area contributed by atoms with Crippen molar-refractivity contribution in [1.29, 1.82) is 0 Å². The molecule has 0 spiro atoms. The number of nitrogens with one attached hydrogen (secondary N) is 1. The molecule has 1 N–H and O–H groups in total. The minimum Gasteiger partial charge on any atom is -0.380 e. The molecule has 2 heteroatoms. The van der Waals surface area contributed by atoms with Crippen LogP contribution in [0.1, 0.15) is 36.0 Å². The maximum absolute atomic E-state index is 5.50. The van der Waals surface area contributed by atoms with Gasteiger partial charge in [0.15, 0.2) is 0 Å². The first-order chi connectivity index (χ1) is 8.22. The van der Waals surface area contributed by atoms with Crippen LogP contribution in [0, 0.1) is 13.8 Å². The third-order valence-electron chi connectivity index (χ3n) is 4.03. The van der Waals surface area contributed by atoms with E-state index in [2.05, 4.69) is 37.4 Å². The normalized spacial score (nSPS) is 24.2. The van der Waals surface area contributed by atoms with Crippen LogP contribution in [0.2, 0.25) is 0 Å². The van der Waals surface area contributed by atoms with Crippen molar-refractivity contribution in [3.8, 4) is 0 Å². The monoisotopic (exact) mass is 233 g/mol. The summed E-state index contributed by atoms with van der Waals surface area (Å²) in [4.78, 5) is 0. The van der Waals surface area contributed by atoms with E-state index in [1.807, 2.05) is 7.11 Å². The Hall–Kier alpha value is -0.860. The van der Waals surface area contributed by atoms with Gasteiger partial charge in [0.05, 0.1) is 6.10 Å². The van der Waals surface area contributed by atoms with Gasteiger partial charge < -0.3 is 10.1 Å². The summed E-state index contributed by atoms with van der Waals surface area (Å²) in [5, 5.41) is 3.64. The van der Waals surface area contributed by atoms with E-state index in [9.17, 15) is 0 Å². The summed E-state index contributed by atoms with van der Waals surface area (Å²) < 4.78 is 5.50. The van der Waals surface area contributed by atoms with Crippen LogP contribution in [0.3, 0.4) is 0 Å². The average molecular weight is 233 g/mol. The Morgan fingerprint density at radius 2 is 2.12 bits per heavy atom. The van der Waals surface area contributed by atoms with Gasteiger partial charge in [-0.25, -0.2) is 0 Å². The average Bonchev–Trinajstić information content (AvgIpc) is 2.78. The van der Waals surface area contributed by atoms with Gasteiger partial charge in [-0.05, 0) is 49.8 Å². The predicted molar refractivity (Wildman–Crippen MR) is 71.2 cm³/mol. The molecule has 0 heterocycles. The molecule has 0 aromatic heterocycles. The lowest BCUT2D eigenvalue weighted by Crippen LogP contribution is -2.36. The number of aryl methyl sites for hydroxylation is 1. The molecule has 0 bridgehead atoms. The Morgan fingerprint density at radius 3 is 2.88 bits per heavy atom. The van der Waals surface area contributed by atoms with Gasteiger partial charge in [-0.15, -0.1) is 0 Å². The van der Waals surface area contributed by atoms with Gasteiger partial charge in [-0.2, -0.15) is 0 Å². The Balaban J connectivity index is 1.95. The van der Waals surface area contributed by atoms with Crippen molar-refractivity contribution in [3.63, 3.8) is 0 Å². The van der Waals surface area contributed by atoms with Crippen molar-refractivity contribution in [3.05, 3.63) is 34.9 Å². The van der Waals surface area contributed by atoms with Crippen molar-refractivity contribution >= 4 is 0 Å². The second kappa shape index (κ2) is 5.65. The molecule has 2 nitrogen and oxygen atoms in total. The fourth-order valence-electron chi connectivity index (χ4n) is 2.69. The molecule has 2 unspecified atom stereocenters. The van der Waals surface area contributed by atoms with E-state index in [-0.39, 0.29) is 0 Å². The lowest BCUT2D eigenvalue weighted by atomic mass is 10.0. The molecule has 1 saturated carbocycles. The summed E-state index contributed by atoms with van der Waals surface area (Å²) in [6.07, 6.45) is 4.12. The van der Waals surface area contributed by atoms with Gasteiger partial charge in [0.1, 0.15) is 0 Å². The summed E-state index contributed by atoms with van der Waals surface area (Å²) in [5.74, 6) is 0. The summed E-state index contributed by atoms with van der Waals surface area (Å²) in [7, 11) is 1.82. The summed E-state index contributed by atoms with van der Waals surface area (Å²) in [6, 6.07) is 7.06. The van der Waals surface area contributed by atoms with Crippen molar-refractivity contribution in [2.45, 2.75) is 51.8 Å². The molecule has 1 aliphatic rings. The molecule has 0 aliphatic heterocycles. The molecule has 17 heavy (non-hydrogen) atoms. The molecular weight excluding hydrogens is 210 g/mol. The molecule has 0 radical (unpaired) electrons. The zero-order valence-corrected chi connectivity index (χ0v) is 11.1. The van der Waals surface area contributed by atoms with Crippen LogP contribution in [0.15, 0.2) is 18.2 Å². The van der Waals surface area contributed by atoms with E-state index in [1.54, 1.807) is 0 Å².